The van der Waals surface area contributed by atoms with E-state index in [0.717, 1.165) is 32.1 Å². The molecule has 0 radical (unpaired) electrons. The minimum absolute atomic E-state index is 0.111. The smallest absolute Gasteiger partial charge is 0.133 e. The number of hydrogen-bond acceptors (Lipinski definition) is 2. The molecule has 4 fully saturated rings. The lowest BCUT2D eigenvalue weighted by Gasteiger charge is -2.58. The predicted molar refractivity (Wildman–Crippen MR) is 96.7 cm³/mol. The first-order valence-electron chi connectivity index (χ1n) is 10.8. The fourth-order valence-electron chi connectivity index (χ4n) is 7.35. The molecular weight excluding hydrogens is 296 g/mol. The third-order valence-corrected chi connectivity index (χ3v) is 8.61. The summed E-state index contributed by atoms with van der Waals surface area (Å²) in [5.41, 5.74) is 0.905. The van der Waals surface area contributed by atoms with Gasteiger partial charge in [0.05, 0.1) is 6.10 Å². The van der Waals surface area contributed by atoms with Gasteiger partial charge in [-0.2, -0.15) is 0 Å². The van der Waals surface area contributed by atoms with E-state index in [4.69, 9.17) is 0 Å². The first kappa shape index (κ1) is 17.1. The van der Waals surface area contributed by atoms with Crippen molar-refractivity contribution in [3.05, 3.63) is 0 Å². The van der Waals surface area contributed by atoms with Crippen molar-refractivity contribution in [2.75, 3.05) is 0 Å². The zero-order chi connectivity index (χ0) is 16.6. The van der Waals surface area contributed by atoms with E-state index in [2.05, 4.69) is 0 Å². The monoisotopic (exact) mass is 332 g/mol. The quantitative estimate of drug-likeness (QED) is 0.696. The van der Waals surface area contributed by atoms with E-state index < -0.39 is 0 Å². The van der Waals surface area contributed by atoms with Crippen LogP contribution in [-0.2, 0) is 4.79 Å². The second-order valence-electron chi connectivity index (χ2n) is 9.73. The van der Waals surface area contributed by atoms with Gasteiger partial charge in [0.1, 0.15) is 5.78 Å². The number of aliphatic hydroxyl groups excluding tert-OH is 1. The maximum Gasteiger partial charge on any atom is 0.133 e. The lowest BCUT2D eigenvalue weighted by atomic mass is 9.47. The van der Waals surface area contributed by atoms with Gasteiger partial charge in [-0.25, -0.2) is 0 Å². The van der Waals surface area contributed by atoms with Crippen LogP contribution >= 0.6 is 0 Å². The SMILES string of the molecule is O=C1CCC2(CCCCC2)C(C2CC(O)CCC23CCCCC3)C1. The predicted octanol–water partition coefficient (Wildman–Crippen LogP) is 5.42. The highest BCUT2D eigenvalue weighted by Gasteiger charge is 2.54. The maximum atomic E-state index is 12.4. The molecule has 2 spiro atoms. The topological polar surface area (TPSA) is 37.3 Å². The van der Waals surface area contributed by atoms with E-state index in [1.165, 1.54) is 70.6 Å². The lowest BCUT2D eigenvalue weighted by molar-refractivity contribution is -0.137. The number of carbonyl (C=O) groups excluding carboxylic acids is 1. The van der Waals surface area contributed by atoms with E-state index in [-0.39, 0.29) is 6.10 Å². The molecule has 2 heteroatoms. The van der Waals surface area contributed by atoms with Gasteiger partial charge in [-0.3, -0.25) is 4.79 Å². The van der Waals surface area contributed by atoms with Gasteiger partial charge in [-0.15, -0.1) is 0 Å². The Bertz CT molecular complexity index is 457. The van der Waals surface area contributed by atoms with Gasteiger partial charge >= 0.3 is 0 Å². The van der Waals surface area contributed by atoms with Gasteiger partial charge in [-0.1, -0.05) is 38.5 Å². The van der Waals surface area contributed by atoms with Crippen LogP contribution in [0.1, 0.15) is 103 Å². The van der Waals surface area contributed by atoms with E-state index in [0.29, 0.717) is 28.4 Å². The van der Waals surface area contributed by atoms with Gasteiger partial charge in [-0.05, 0) is 74.0 Å². The number of hydrogen-bond donors (Lipinski definition) is 1. The highest BCUT2D eigenvalue weighted by atomic mass is 16.3. The van der Waals surface area contributed by atoms with Crippen LogP contribution in [0.25, 0.3) is 0 Å². The molecule has 4 aliphatic rings. The largest absolute Gasteiger partial charge is 0.393 e. The second-order valence-corrected chi connectivity index (χ2v) is 9.73. The van der Waals surface area contributed by atoms with Gasteiger partial charge in [0, 0.05) is 12.8 Å². The molecular formula is C22H36O2. The zero-order valence-electron chi connectivity index (χ0n) is 15.4. The molecule has 1 N–H and O–H groups in total. The molecule has 0 bridgehead atoms. The zero-order valence-corrected chi connectivity index (χ0v) is 15.4. The summed E-state index contributed by atoms with van der Waals surface area (Å²) in [7, 11) is 0. The molecule has 0 amide bonds. The molecule has 0 aromatic carbocycles. The van der Waals surface area contributed by atoms with Crippen molar-refractivity contribution < 1.29 is 9.90 Å². The second kappa shape index (κ2) is 6.74. The Labute approximate surface area is 147 Å². The summed E-state index contributed by atoms with van der Waals surface area (Å²) in [6.07, 6.45) is 19.6. The van der Waals surface area contributed by atoms with Crippen LogP contribution in [0.15, 0.2) is 0 Å². The number of aliphatic hydroxyl groups is 1. The summed E-state index contributed by atoms with van der Waals surface area (Å²) >= 11 is 0. The third kappa shape index (κ3) is 2.97. The molecule has 0 saturated heterocycles. The van der Waals surface area contributed by atoms with Crippen LogP contribution in [-0.4, -0.2) is 17.0 Å². The fraction of sp³-hybridized carbons (Fsp3) is 0.955. The Morgan fingerprint density at radius 1 is 0.750 bits per heavy atom. The van der Waals surface area contributed by atoms with E-state index >= 15 is 0 Å². The van der Waals surface area contributed by atoms with Crippen molar-refractivity contribution in [3.63, 3.8) is 0 Å². The van der Waals surface area contributed by atoms with Crippen LogP contribution in [0.3, 0.4) is 0 Å². The average molecular weight is 333 g/mol. The summed E-state index contributed by atoms with van der Waals surface area (Å²) in [6.45, 7) is 0. The van der Waals surface area contributed by atoms with Gasteiger partial charge in [0.25, 0.3) is 0 Å². The molecule has 3 atom stereocenters. The number of Topliss-reactive ketones (excluding diaryl/α,β-unsaturated/α-hetero) is 1. The van der Waals surface area contributed by atoms with Crippen molar-refractivity contribution in [1.29, 1.82) is 0 Å². The van der Waals surface area contributed by atoms with E-state index in [1.54, 1.807) is 0 Å². The van der Waals surface area contributed by atoms with Crippen molar-refractivity contribution in [1.82, 2.24) is 0 Å². The summed E-state index contributed by atoms with van der Waals surface area (Å²) < 4.78 is 0. The molecule has 24 heavy (non-hydrogen) atoms. The molecule has 0 aliphatic heterocycles. The highest BCUT2D eigenvalue weighted by molar-refractivity contribution is 5.79. The molecule has 2 nitrogen and oxygen atoms in total. The summed E-state index contributed by atoms with van der Waals surface area (Å²) in [6, 6.07) is 0. The minimum atomic E-state index is -0.111. The van der Waals surface area contributed by atoms with Gasteiger partial charge < -0.3 is 5.11 Å². The first-order valence-corrected chi connectivity index (χ1v) is 10.8. The standard InChI is InChI=1S/C22H36O2/c23-17-7-13-21(9-3-1-4-10-21)19(15-17)20-16-18(24)8-14-22(20)11-5-2-6-12-22/h17,19-20,23H,1-16H2. The van der Waals surface area contributed by atoms with Crippen LogP contribution < -0.4 is 0 Å². The van der Waals surface area contributed by atoms with Crippen molar-refractivity contribution in [2.45, 2.75) is 109 Å². The lowest BCUT2D eigenvalue weighted by Crippen LogP contribution is -2.51. The Hall–Kier alpha value is -0.370. The Balaban J connectivity index is 1.66. The van der Waals surface area contributed by atoms with Gasteiger partial charge in [0.15, 0.2) is 0 Å². The Kier molecular flexibility index (Phi) is 4.79. The highest BCUT2D eigenvalue weighted by Crippen LogP contribution is 2.62. The fourth-order valence-corrected chi connectivity index (χ4v) is 7.35. The molecule has 136 valence electrons. The Morgan fingerprint density at radius 2 is 1.33 bits per heavy atom. The average Bonchev–Trinajstić information content (AvgIpc) is 2.61. The molecule has 4 rings (SSSR count). The third-order valence-electron chi connectivity index (χ3n) is 8.61. The number of rotatable bonds is 1. The summed E-state index contributed by atoms with van der Waals surface area (Å²) in [4.78, 5) is 12.4. The van der Waals surface area contributed by atoms with Crippen LogP contribution in [0.5, 0.6) is 0 Å². The van der Waals surface area contributed by atoms with Crippen molar-refractivity contribution in [2.24, 2.45) is 22.7 Å². The maximum absolute atomic E-state index is 12.4. The molecule has 0 aromatic heterocycles. The number of ketones is 1. The normalized spacial score (nSPS) is 39.2. The summed E-state index contributed by atoms with van der Waals surface area (Å²) in [5.74, 6) is 1.71. The van der Waals surface area contributed by atoms with Crippen LogP contribution in [0.4, 0.5) is 0 Å². The van der Waals surface area contributed by atoms with Crippen LogP contribution in [0.2, 0.25) is 0 Å². The molecule has 3 unspecified atom stereocenters. The van der Waals surface area contributed by atoms with E-state index in [1.807, 2.05) is 0 Å². The van der Waals surface area contributed by atoms with Gasteiger partial charge in [0.2, 0.25) is 0 Å². The van der Waals surface area contributed by atoms with E-state index in [9.17, 15) is 9.90 Å². The summed E-state index contributed by atoms with van der Waals surface area (Å²) in [5, 5.41) is 10.5. The molecule has 0 heterocycles. The number of carbonyl (C=O) groups is 1. The first-order chi connectivity index (χ1) is 11.6. The molecule has 0 aromatic rings. The van der Waals surface area contributed by atoms with Crippen molar-refractivity contribution >= 4 is 5.78 Å². The molecule has 4 saturated carbocycles. The molecule has 4 aliphatic carbocycles. The van der Waals surface area contributed by atoms with Crippen LogP contribution in [0, 0.1) is 22.7 Å². The Morgan fingerprint density at radius 3 is 1.96 bits per heavy atom. The van der Waals surface area contributed by atoms with Crippen molar-refractivity contribution in [3.8, 4) is 0 Å². The minimum Gasteiger partial charge on any atom is -0.393 e.